The highest BCUT2D eigenvalue weighted by atomic mass is 35.5. The van der Waals surface area contributed by atoms with E-state index in [-0.39, 0.29) is 29.0 Å². The topological polar surface area (TPSA) is 65.1 Å². The summed E-state index contributed by atoms with van der Waals surface area (Å²) in [4.78, 5) is 30.4. The Balaban J connectivity index is 1.65. The summed E-state index contributed by atoms with van der Waals surface area (Å²) in [6.45, 7) is 10.1. The molecule has 1 aliphatic heterocycles. The summed E-state index contributed by atoms with van der Waals surface area (Å²) >= 11 is 13.3. The zero-order valence-corrected chi connectivity index (χ0v) is 27.5. The maximum absolute atomic E-state index is 14.1. The Morgan fingerprint density at radius 1 is 0.860 bits per heavy atom. The average Bonchev–Trinajstić information content (AvgIpc) is 2.92. The first-order valence-electron chi connectivity index (χ1n) is 14.9. The van der Waals surface area contributed by atoms with Gasteiger partial charge >= 0.3 is 0 Å². The van der Waals surface area contributed by atoms with Gasteiger partial charge in [-0.25, -0.2) is 0 Å². The van der Waals surface area contributed by atoms with Gasteiger partial charge in [-0.1, -0.05) is 69.1 Å². The monoisotopic (exact) mass is 625 g/mol. The van der Waals surface area contributed by atoms with E-state index in [1.807, 2.05) is 36.4 Å². The van der Waals surface area contributed by atoms with Crippen molar-refractivity contribution in [3.63, 3.8) is 0 Å². The smallest absolute Gasteiger partial charge is 0.180 e. The summed E-state index contributed by atoms with van der Waals surface area (Å²) in [5.74, 6) is 0.450. The molecule has 0 saturated heterocycles. The predicted molar refractivity (Wildman–Crippen MR) is 170 cm³/mol. The van der Waals surface area contributed by atoms with Crippen molar-refractivity contribution in [1.82, 2.24) is 4.90 Å². The van der Waals surface area contributed by atoms with Crippen LogP contribution in [0.3, 0.4) is 0 Å². The van der Waals surface area contributed by atoms with Crippen LogP contribution in [0.4, 0.5) is 0 Å². The molecule has 5 rings (SSSR count). The third-order valence-corrected chi connectivity index (χ3v) is 9.32. The molecule has 2 aromatic carbocycles. The highest BCUT2D eigenvalue weighted by molar-refractivity contribution is 6.32. The highest BCUT2D eigenvalue weighted by Crippen LogP contribution is 2.55. The molecule has 0 atom stereocenters. The number of methoxy groups -OCH3 is 2. The lowest BCUT2D eigenvalue weighted by Crippen LogP contribution is -2.44. The van der Waals surface area contributed by atoms with Gasteiger partial charge in [0.2, 0.25) is 0 Å². The van der Waals surface area contributed by atoms with E-state index in [4.69, 9.17) is 37.4 Å². The Morgan fingerprint density at radius 3 is 2.02 bits per heavy atom. The molecular weight excluding hydrogens is 585 g/mol. The van der Waals surface area contributed by atoms with E-state index < -0.39 is 5.92 Å². The van der Waals surface area contributed by atoms with Crippen LogP contribution in [-0.2, 0) is 20.9 Å². The van der Waals surface area contributed by atoms with E-state index in [2.05, 4.69) is 32.6 Å². The molecule has 0 saturated carbocycles. The van der Waals surface area contributed by atoms with E-state index in [0.717, 1.165) is 41.8 Å². The van der Waals surface area contributed by atoms with Crippen LogP contribution >= 0.6 is 23.2 Å². The fraction of sp³-hybridized carbons (Fsp3) is 0.486. The largest absolute Gasteiger partial charge is 0.493 e. The van der Waals surface area contributed by atoms with E-state index in [1.54, 1.807) is 14.2 Å². The van der Waals surface area contributed by atoms with Gasteiger partial charge in [0.25, 0.3) is 0 Å². The number of allylic oxidation sites excluding steroid dienone is 4. The highest BCUT2D eigenvalue weighted by Gasteiger charge is 2.49. The van der Waals surface area contributed by atoms with Crippen LogP contribution in [0.2, 0.25) is 10.0 Å². The Kier molecular flexibility index (Phi) is 9.04. The molecule has 8 heteroatoms. The number of benzene rings is 2. The fourth-order valence-corrected chi connectivity index (χ4v) is 7.29. The average molecular weight is 627 g/mol. The molecule has 0 aromatic heterocycles. The van der Waals surface area contributed by atoms with Gasteiger partial charge in [0.1, 0.15) is 6.61 Å². The van der Waals surface area contributed by atoms with Crippen molar-refractivity contribution in [2.45, 2.75) is 72.3 Å². The zero-order valence-electron chi connectivity index (χ0n) is 25.9. The van der Waals surface area contributed by atoms with Crippen LogP contribution in [0.5, 0.6) is 11.5 Å². The van der Waals surface area contributed by atoms with E-state index in [1.165, 1.54) is 0 Å². The van der Waals surface area contributed by atoms with E-state index in [9.17, 15) is 9.59 Å². The lowest BCUT2D eigenvalue weighted by Gasteiger charge is -2.49. The van der Waals surface area contributed by atoms with Crippen molar-refractivity contribution in [3.8, 4) is 11.5 Å². The number of nitrogens with zero attached hydrogens (tertiary/aromatic N) is 1. The molecule has 0 amide bonds. The number of halogens is 2. The fourth-order valence-electron chi connectivity index (χ4n) is 6.83. The normalized spacial score (nSPS) is 19.9. The number of hydrogen-bond acceptors (Lipinski definition) is 6. The Hall–Kier alpha value is -2.80. The summed E-state index contributed by atoms with van der Waals surface area (Å²) in [5.41, 5.74) is 4.61. The molecule has 0 bridgehead atoms. The number of ether oxygens (including phenoxy) is 3. The summed E-state index contributed by atoms with van der Waals surface area (Å²) in [6.07, 6.45) is 3.11. The van der Waals surface area contributed by atoms with Crippen LogP contribution < -0.4 is 9.47 Å². The second-order valence-electron chi connectivity index (χ2n) is 13.4. The number of carbonyl (C=O) groups excluding carboxylic acids is 2. The minimum Gasteiger partial charge on any atom is -0.493 e. The van der Waals surface area contributed by atoms with E-state index >= 15 is 0 Å². The number of hydrogen-bond donors (Lipinski definition) is 0. The molecule has 6 nitrogen and oxygen atoms in total. The van der Waals surface area contributed by atoms with Gasteiger partial charge in [0, 0.05) is 72.1 Å². The first kappa shape index (κ1) is 31.6. The minimum atomic E-state index is -0.528. The van der Waals surface area contributed by atoms with Crippen LogP contribution in [-0.4, -0.2) is 43.8 Å². The Morgan fingerprint density at radius 2 is 1.47 bits per heavy atom. The van der Waals surface area contributed by atoms with Crippen molar-refractivity contribution in [2.24, 2.45) is 10.8 Å². The zero-order chi connectivity index (χ0) is 31.1. The lowest BCUT2D eigenvalue weighted by atomic mass is 9.63. The van der Waals surface area contributed by atoms with Crippen LogP contribution in [0.15, 0.2) is 58.9 Å². The second kappa shape index (κ2) is 12.3. The number of Topliss-reactive ketones (excluding diaryl/α,β-unsaturated/α-hetero) is 2. The molecule has 2 aromatic rings. The number of carbonyl (C=O) groups is 2. The predicted octanol–water partition coefficient (Wildman–Crippen LogP) is 8.30. The summed E-state index contributed by atoms with van der Waals surface area (Å²) in [5, 5.41) is 0.947. The van der Waals surface area contributed by atoms with Crippen LogP contribution in [0.1, 0.15) is 76.8 Å². The Bertz CT molecular complexity index is 1450. The van der Waals surface area contributed by atoms with Gasteiger partial charge < -0.3 is 19.1 Å². The maximum Gasteiger partial charge on any atom is 0.180 e. The summed E-state index contributed by atoms with van der Waals surface area (Å²) in [7, 11) is 3.26. The third-order valence-electron chi connectivity index (χ3n) is 8.67. The minimum absolute atomic E-state index is 0.0753. The molecule has 0 spiro atoms. The molecule has 0 radical (unpaired) electrons. The first-order chi connectivity index (χ1) is 20.4. The van der Waals surface area contributed by atoms with Gasteiger partial charge in [-0.3, -0.25) is 9.59 Å². The van der Waals surface area contributed by atoms with Gasteiger partial charge in [-0.2, -0.15) is 0 Å². The lowest BCUT2D eigenvalue weighted by molar-refractivity contribution is -0.119. The van der Waals surface area contributed by atoms with Crippen molar-refractivity contribution >= 4 is 34.8 Å². The van der Waals surface area contributed by atoms with Crippen molar-refractivity contribution in [2.75, 3.05) is 27.4 Å². The summed E-state index contributed by atoms with van der Waals surface area (Å²) in [6, 6.07) is 11.2. The van der Waals surface area contributed by atoms with Crippen molar-refractivity contribution in [3.05, 3.63) is 80.1 Å². The molecule has 230 valence electrons. The SMILES string of the molecule is COCCCN1C2=C(C(=O)CC(C)(C)C2)C(c2cc(Cl)c(OCc3ccccc3Cl)c(OC)c2)C2=C1CC(C)(C)CC2=O. The molecule has 0 N–H and O–H groups in total. The second-order valence-corrected chi connectivity index (χ2v) is 14.3. The van der Waals surface area contributed by atoms with Crippen LogP contribution in [0.25, 0.3) is 0 Å². The molecule has 1 heterocycles. The van der Waals surface area contributed by atoms with Gasteiger partial charge in [-0.15, -0.1) is 0 Å². The quantitative estimate of drug-likeness (QED) is 0.261. The molecule has 3 aliphatic rings. The summed E-state index contributed by atoms with van der Waals surface area (Å²) < 4.78 is 17.3. The molecule has 0 unspecified atom stereocenters. The third kappa shape index (κ3) is 6.38. The molecule has 2 aliphatic carbocycles. The van der Waals surface area contributed by atoms with Crippen molar-refractivity contribution < 1.29 is 23.8 Å². The maximum atomic E-state index is 14.1. The molecule has 0 fully saturated rings. The van der Waals surface area contributed by atoms with Crippen LogP contribution in [0, 0.1) is 10.8 Å². The van der Waals surface area contributed by atoms with Gasteiger partial charge in [0.05, 0.1) is 12.1 Å². The van der Waals surface area contributed by atoms with E-state index in [0.29, 0.717) is 58.7 Å². The standard InChI is InChI=1S/C35H41Cl2NO5/c1-34(2)16-25-31(27(39)18-34)30(32-26(38(25)12-9-13-41-5)17-35(3,4)19-28(32)40)22-14-24(37)33(29(15-22)42-6)43-20-21-10-7-8-11-23(21)36/h7-8,10-11,14-15,30H,9,12-13,16-20H2,1-6H3. The van der Waals surface area contributed by atoms with Gasteiger partial charge in [0.15, 0.2) is 23.1 Å². The van der Waals surface area contributed by atoms with Gasteiger partial charge in [-0.05, 0) is 53.9 Å². The number of rotatable bonds is 9. The first-order valence-corrected chi connectivity index (χ1v) is 15.6. The Labute approximate surface area is 265 Å². The number of ketones is 2. The van der Waals surface area contributed by atoms with Crippen molar-refractivity contribution in [1.29, 1.82) is 0 Å². The molecular formula is C35H41Cl2NO5. The molecule has 43 heavy (non-hydrogen) atoms.